The van der Waals surface area contributed by atoms with Crippen molar-refractivity contribution < 1.29 is 14.3 Å². The molecule has 0 spiro atoms. The molecule has 2 rings (SSSR count). The molecule has 0 fully saturated rings. The molecule has 0 saturated heterocycles. The first kappa shape index (κ1) is 18.7. The molecule has 0 aliphatic carbocycles. The van der Waals surface area contributed by atoms with Crippen molar-refractivity contribution in [2.24, 2.45) is 0 Å². The Morgan fingerprint density at radius 1 is 1.24 bits per heavy atom. The Kier molecular flexibility index (Phi) is 6.33. The van der Waals surface area contributed by atoms with Gasteiger partial charge in [-0.25, -0.2) is 0 Å². The molecule has 0 saturated carbocycles. The molecule has 0 aliphatic heterocycles. The zero-order chi connectivity index (χ0) is 18.4. The molecule has 0 radical (unpaired) electrons. The van der Waals surface area contributed by atoms with Gasteiger partial charge < -0.3 is 10.1 Å². The normalized spacial score (nSPS) is 11.8. The highest BCUT2D eigenvalue weighted by Crippen LogP contribution is 2.16. The Bertz CT molecular complexity index is 735. The van der Waals surface area contributed by atoms with E-state index in [4.69, 9.17) is 4.74 Å². The summed E-state index contributed by atoms with van der Waals surface area (Å²) in [6.07, 6.45) is 0.976. The first-order valence-corrected chi connectivity index (χ1v) is 8.49. The van der Waals surface area contributed by atoms with Gasteiger partial charge in [-0.2, -0.15) is 5.10 Å². The van der Waals surface area contributed by atoms with E-state index >= 15 is 0 Å². The molecule has 1 aromatic carbocycles. The molecule has 134 valence electrons. The molecule has 1 aromatic heterocycles. The van der Waals surface area contributed by atoms with Crippen LogP contribution in [0.5, 0.6) is 0 Å². The van der Waals surface area contributed by atoms with Gasteiger partial charge in [0.2, 0.25) is 5.91 Å². The molecule has 6 heteroatoms. The van der Waals surface area contributed by atoms with Gasteiger partial charge in [-0.3, -0.25) is 14.3 Å². The van der Waals surface area contributed by atoms with Crippen molar-refractivity contribution in [1.82, 2.24) is 9.78 Å². The third-order valence-corrected chi connectivity index (χ3v) is 3.94. The van der Waals surface area contributed by atoms with E-state index in [1.54, 1.807) is 11.6 Å². The number of aromatic nitrogens is 2. The van der Waals surface area contributed by atoms with Gasteiger partial charge in [0.1, 0.15) is 6.04 Å². The fraction of sp³-hybridized carbons (Fsp3) is 0.421. The summed E-state index contributed by atoms with van der Waals surface area (Å²) in [6, 6.07) is 9.05. The lowest BCUT2D eigenvalue weighted by atomic mass is 10.1. The fourth-order valence-electron chi connectivity index (χ4n) is 2.63. The van der Waals surface area contributed by atoms with Crippen molar-refractivity contribution in [3.05, 3.63) is 47.3 Å². The Balaban J connectivity index is 1.93. The summed E-state index contributed by atoms with van der Waals surface area (Å²) in [6.45, 7) is 7.85. The number of ether oxygens (including phenoxy) is 1. The number of carbonyl (C=O) groups excluding carboxylic acids is 2. The van der Waals surface area contributed by atoms with Gasteiger partial charge in [0.05, 0.1) is 12.3 Å². The summed E-state index contributed by atoms with van der Waals surface area (Å²) in [4.78, 5) is 23.8. The summed E-state index contributed by atoms with van der Waals surface area (Å²) in [7, 11) is 0. The maximum Gasteiger partial charge on any atom is 0.306 e. The van der Waals surface area contributed by atoms with Crippen LogP contribution in [0.4, 0.5) is 5.69 Å². The summed E-state index contributed by atoms with van der Waals surface area (Å²) in [5.74, 6) is -0.316. The number of nitrogens with one attached hydrogen (secondary N) is 1. The van der Waals surface area contributed by atoms with E-state index in [-0.39, 0.29) is 11.9 Å². The zero-order valence-electron chi connectivity index (χ0n) is 15.2. The largest absolute Gasteiger partial charge is 0.466 e. The topological polar surface area (TPSA) is 73.2 Å². The molecule has 25 heavy (non-hydrogen) atoms. The summed E-state index contributed by atoms with van der Waals surface area (Å²) in [5.41, 5.74) is 3.59. The van der Waals surface area contributed by atoms with Crippen LogP contribution in [-0.4, -0.2) is 28.3 Å². The van der Waals surface area contributed by atoms with Crippen molar-refractivity contribution in [1.29, 1.82) is 0 Å². The molecule has 0 aliphatic rings. The second-order valence-electron chi connectivity index (χ2n) is 6.04. The van der Waals surface area contributed by atoms with Crippen LogP contribution in [0.15, 0.2) is 30.3 Å². The van der Waals surface area contributed by atoms with Crippen molar-refractivity contribution in [3.8, 4) is 0 Å². The van der Waals surface area contributed by atoms with Crippen LogP contribution in [0.2, 0.25) is 0 Å². The van der Waals surface area contributed by atoms with E-state index in [1.165, 1.54) is 0 Å². The van der Waals surface area contributed by atoms with Crippen molar-refractivity contribution in [2.45, 2.75) is 46.6 Å². The first-order valence-electron chi connectivity index (χ1n) is 8.49. The van der Waals surface area contributed by atoms with Crippen molar-refractivity contribution in [2.75, 3.05) is 11.9 Å². The van der Waals surface area contributed by atoms with Crippen LogP contribution in [0.3, 0.4) is 0 Å². The minimum absolute atomic E-state index is 0.120. The zero-order valence-corrected chi connectivity index (χ0v) is 15.2. The second kappa shape index (κ2) is 8.46. The van der Waals surface area contributed by atoms with Crippen molar-refractivity contribution in [3.63, 3.8) is 0 Å². The minimum Gasteiger partial charge on any atom is -0.466 e. The third-order valence-electron chi connectivity index (χ3n) is 3.94. The molecule has 1 unspecified atom stereocenters. The van der Waals surface area contributed by atoms with Gasteiger partial charge in [0, 0.05) is 17.8 Å². The Morgan fingerprint density at radius 2 is 1.92 bits per heavy atom. The van der Waals surface area contributed by atoms with Crippen LogP contribution in [0.1, 0.15) is 43.3 Å². The molecule has 1 amide bonds. The molecule has 1 heterocycles. The highest BCUT2D eigenvalue weighted by molar-refractivity contribution is 5.93. The summed E-state index contributed by atoms with van der Waals surface area (Å²) in [5, 5.41) is 7.25. The Hall–Kier alpha value is -2.63. The quantitative estimate of drug-likeness (QED) is 0.784. The number of rotatable bonds is 7. The molecule has 1 atom stereocenters. The fourth-order valence-corrected chi connectivity index (χ4v) is 2.63. The lowest BCUT2D eigenvalue weighted by Crippen LogP contribution is -2.25. The minimum atomic E-state index is -0.391. The highest BCUT2D eigenvalue weighted by Gasteiger charge is 2.17. The van der Waals surface area contributed by atoms with Crippen molar-refractivity contribution >= 4 is 17.6 Å². The van der Waals surface area contributed by atoms with Crippen LogP contribution >= 0.6 is 0 Å². The molecule has 0 bridgehead atoms. The summed E-state index contributed by atoms with van der Waals surface area (Å²) >= 11 is 0. The maximum atomic E-state index is 12.4. The lowest BCUT2D eigenvalue weighted by Gasteiger charge is -2.14. The smallest absolute Gasteiger partial charge is 0.306 e. The molecule has 2 aromatic rings. The van der Waals surface area contributed by atoms with Gasteiger partial charge in [-0.15, -0.1) is 0 Å². The van der Waals surface area contributed by atoms with E-state index in [0.717, 1.165) is 22.6 Å². The number of anilines is 1. The molecular formula is C19H25N3O3. The average Bonchev–Trinajstić information content (AvgIpc) is 2.92. The third kappa shape index (κ3) is 5.17. The Morgan fingerprint density at radius 3 is 2.48 bits per heavy atom. The van der Waals surface area contributed by atoms with E-state index in [9.17, 15) is 9.59 Å². The number of aryl methyl sites for hydroxylation is 3. The Labute approximate surface area is 148 Å². The number of benzene rings is 1. The van der Waals surface area contributed by atoms with Crippen LogP contribution in [-0.2, 0) is 20.7 Å². The van der Waals surface area contributed by atoms with E-state index in [0.29, 0.717) is 19.4 Å². The standard InChI is InChI=1S/C19H25N3O3/c1-5-25-18(23)11-8-16-6-9-17(10-7-16)20-19(24)15(4)22-14(3)12-13(2)21-22/h6-7,9-10,12,15H,5,8,11H2,1-4H3,(H,20,24). The number of carbonyl (C=O) groups is 2. The molecular weight excluding hydrogens is 318 g/mol. The first-order chi connectivity index (χ1) is 11.9. The monoisotopic (exact) mass is 343 g/mol. The number of nitrogens with zero attached hydrogens (tertiary/aromatic N) is 2. The van der Waals surface area contributed by atoms with Crippen LogP contribution in [0, 0.1) is 13.8 Å². The van der Waals surface area contributed by atoms with Gasteiger partial charge in [0.25, 0.3) is 0 Å². The number of hydrogen-bond donors (Lipinski definition) is 1. The number of esters is 1. The van der Waals surface area contributed by atoms with Crippen LogP contribution < -0.4 is 5.32 Å². The number of hydrogen-bond acceptors (Lipinski definition) is 4. The predicted molar refractivity (Wildman–Crippen MR) is 96.4 cm³/mol. The number of amides is 1. The maximum absolute atomic E-state index is 12.4. The highest BCUT2D eigenvalue weighted by atomic mass is 16.5. The lowest BCUT2D eigenvalue weighted by molar-refractivity contribution is -0.143. The average molecular weight is 343 g/mol. The van der Waals surface area contributed by atoms with Gasteiger partial charge in [-0.1, -0.05) is 12.1 Å². The summed E-state index contributed by atoms with van der Waals surface area (Å²) < 4.78 is 6.64. The van der Waals surface area contributed by atoms with Gasteiger partial charge in [0.15, 0.2) is 0 Å². The molecule has 6 nitrogen and oxygen atoms in total. The van der Waals surface area contributed by atoms with Crippen LogP contribution in [0.25, 0.3) is 0 Å². The van der Waals surface area contributed by atoms with Gasteiger partial charge >= 0.3 is 5.97 Å². The SMILES string of the molecule is CCOC(=O)CCc1ccc(NC(=O)C(C)n2nc(C)cc2C)cc1. The van der Waals surface area contributed by atoms with E-state index < -0.39 is 6.04 Å². The second-order valence-corrected chi connectivity index (χ2v) is 6.04. The van der Waals surface area contributed by atoms with E-state index in [2.05, 4.69) is 10.4 Å². The van der Waals surface area contributed by atoms with E-state index in [1.807, 2.05) is 51.1 Å². The molecule has 1 N–H and O–H groups in total. The predicted octanol–water partition coefficient (Wildman–Crippen LogP) is 3.20. The van der Waals surface area contributed by atoms with Gasteiger partial charge in [-0.05, 0) is 57.9 Å².